The quantitative estimate of drug-likeness (QED) is 0.642. The van der Waals surface area contributed by atoms with E-state index in [0.29, 0.717) is 12.2 Å². The van der Waals surface area contributed by atoms with Gasteiger partial charge in [-0.1, -0.05) is 33.6 Å². The summed E-state index contributed by atoms with van der Waals surface area (Å²) in [6, 6.07) is 14.1. The van der Waals surface area contributed by atoms with E-state index in [1.54, 1.807) is 5.01 Å². The lowest BCUT2D eigenvalue weighted by molar-refractivity contribution is 0.402. The molecule has 0 bridgehead atoms. The van der Waals surface area contributed by atoms with Gasteiger partial charge in [0, 0.05) is 33.0 Å². The fraction of sp³-hybridized carbons (Fsp3) is 0.222. The van der Waals surface area contributed by atoms with E-state index >= 15 is 0 Å². The molecular weight excluding hydrogens is 388 g/mol. The summed E-state index contributed by atoms with van der Waals surface area (Å²) in [5.41, 5.74) is 11.0. The standard InChI is InChI=1S/C18H20BrClN4/c1-11(21)18-15-7-2-12(19)10-16(15)17(8-9-24(18)22)23-14-5-3-13(20)4-6-14/h2-7,10,17,23H,8-9,21-22H2,1H3/b18-11-. The normalized spacial score (nSPS) is 19.5. The Labute approximate surface area is 155 Å². The van der Waals surface area contributed by atoms with E-state index in [-0.39, 0.29) is 6.04 Å². The number of hydrogen-bond acceptors (Lipinski definition) is 4. The highest BCUT2D eigenvalue weighted by Crippen LogP contribution is 2.36. The molecule has 0 fully saturated rings. The molecule has 1 aliphatic heterocycles. The Hall–Kier alpha value is -1.69. The fourth-order valence-electron chi connectivity index (χ4n) is 3.06. The third-order valence-corrected chi connectivity index (χ3v) is 4.89. The van der Waals surface area contributed by atoms with Crippen LogP contribution in [-0.4, -0.2) is 11.6 Å². The molecule has 1 aliphatic rings. The summed E-state index contributed by atoms with van der Waals surface area (Å²) in [6.07, 6.45) is 0.860. The average molecular weight is 408 g/mol. The molecular formula is C18H20BrClN4. The third kappa shape index (κ3) is 3.53. The topological polar surface area (TPSA) is 67.3 Å². The van der Waals surface area contributed by atoms with Crippen LogP contribution in [0, 0.1) is 0 Å². The van der Waals surface area contributed by atoms with Crippen LogP contribution in [0.25, 0.3) is 5.70 Å². The maximum atomic E-state index is 6.25. The van der Waals surface area contributed by atoms with Crippen molar-refractivity contribution >= 4 is 38.9 Å². The van der Waals surface area contributed by atoms with Crippen molar-refractivity contribution in [3.05, 3.63) is 68.8 Å². The molecule has 0 aromatic heterocycles. The molecule has 6 heteroatoms. The second-order valence-corrected chi connectivity index (χ2v) is 7.30. The Bertz CT molecular complexity index is 769. The molecule has 0 aliphatic carbocycles. The van der Waals surface area contributed by atoms with Crippen LogP contribution in [0.2, 0.25) is 5.02 Å². The first-order valence-corrected chi connectivity index (χ1v) is 8.93. The molecule has 0 spiro atoms. The zero-order valence-corrected chi connectivity index (χ0v) is 15.7. The van der Waals surface area contributed by atoms with Gasteiger partial charge in [0.25, 0.3) is 0 Å². The van der Waals surface area contributed by atoms with Crippen molar-refractivity contribution in [2.24, 2.45) is 11.6 Å². The van der Waals surface area contributed by atoms with Gasteiger partial charge in [0.15, 0.2) is 0 Å². The molecule has 2 aromatic carbocycles. The monoisotopic (exact) mass is 406 g/mol. The van der Waals surface area contributed by atoms with Crippen LogP contribution < -0.4 is 16.9 Å². The lowest BCUT2D eigenvalue weighted by Crippen LogP contribution is -2.31. The number of nitrogens with one attached hydrogen (secondary N) is 1. The van der Waals surface area contributed by atoms with E-state index in [9.17, 15) is 0 Å². The first-order valence-electron chi connectivity index (χ1n) is 7.76. The molecule has 0 radical (unpaired) electrons. The molecule has 1 atom stereocenters. The van der Waals surface area contributed by atoms with E-state index in [4.69, 9.17) is 23.2 Å². The highest BCUT2D eigenvalue weighted by Gasteiger charge is 2.25. The number of allylic oxidation sites excluding steroid dienone is 1. The smallest absolute Gasteiger partial charge is 0.0777 e. The number of hydrogen-bond donors (Lipinski definition) is 3. The third-order valence-electron chi connectivity index (χ3n) is 4.15. The van der Waals surface area contributed by atoms with Gasteiger partial charge in [-0.25, -0.2) is 5.84 Å². The van der Waals surface area contributed by atoms with Gasteiger partial charge in [0.2, 0.25) is 0 Å². The Morgan fingerprint density at radius 1 is 1.25 bits per heavy atom. The molecule has 1 unspecified atom stereocenters. The van der Waals surface area contributed by atoms with E-state index < -0.39 is 0 Å². The molecule has 0 saturated heterocycles. The predicted octanol–water partition coefficient (Wildman–Crippen LogP) is 4.48. The second kappa shape index (κ2) is 7.05. The summed E-state index contributed by atoms with van der Waals surface area (Å²) in [5.74, 6) is 6.25. The van der Waals surface area contributed by atoms with Gasteiger partial charge in [0.05, 0.1) is 11.7 Å². The minimum Gasteiger partial charge on any atom is -0.401 e. The zero-order valence-electron chi connectivity index (χ0n) is 13.4. The lowest BCUT2D eigenvalue weighted by Gasteiger charge is -2.21. The zero-order chi connectivity index (χ0) is 17.3. The molecule has 2 aromatic rings. The molecule has 4 nitrogen and oxygen atoms in total. The van der Waals surface area contributed by atoms with E-state index in [1.807, 2.05) is 37.3 Å². The predicted molar refractivity (Wildman–Crippen MR) is 104 cm³/mol. The summed E-state index contributed by atoms with van der Waals surface area (Å²) >= 11 is 9.55. The second-order valence-electron chi connectivity index (χ2n) is 5.95. The summed E-state index contributed by atoms with van der Waals surface area (Å²) in [7, 11) is 0. The Morgan fingerprint density at radius 3 is 2.62 bits per heavy atom. The summed E-state index contributed by atoms with van der Waals surface area (Å²) in [4.78, 5) is 0. The van der Waals surface area contributed by atoms with Crippen molar-refractivity contribution in [1.29, 1.82) is 0 Å². The highest BCUT2D eigenvalue weighted by molar-refractivity contribution is 9.10. The maximum absolute atomic E-state index is 6.25. The first kappa shape index (κ1) is 17.1. The largest absolute Gasteiger partial charge is 0.401 e. The number of halogens is 2. The Balaban J connectivity index is 2.04. The van der Waals surface area contributed by atoms with Crippen molar-refractivity contribution in [3.63, 3.8) is 0 Å². The molecule has 24 heavy (non-hydrogen) atoms. The van der Waals surface area contributed by atoms with E-state index in [1.165, 1.54) is 5.56 Å². The summed E-state index contributed by atoms with van der Waals surface area (Å²) in [6.45, 7) is 2.59. The van der Waals surface area contributed by atoms with Crippen LogP contribution in [-0.2, 0) is 0 Å². The number of nitrogens with two attached hydrogens (primary N) is 2. The minimum absolute atomic E-state index is 0.126. The number of nitrogens with zero attached hydrogens (tertiary/aromatic N) is 1. The Morgan fingerprint density at radius 2 is 1.96 bits per heavy atom. The van der Waals surface area contributed by atoms with Crippen molar-refractivity contribution in [2.75, 3.05) is 11.9 Å². The van der Waals surface area contributed by atoms with Crippen molar-refractivity contribution < 1.29 is 0 Å². The number of rotatable bonds is 2. The van der Waals surface area contributed by atoms with Gasteiger partial charge < -0.3 is 16.1 Å². The van der Waals surface area contributed by atoms with Gasteiger partial charge in [-0.2, -0.15) is 0 Å². The number of benzene rings is 2. The van der Waals surface area contributed by atoms with Crippen LogP contribution in [0.1, 0.15) is 30.5 Å². The van der Waals surface area contributed by atoms with Crippen LogP contribution in [0.4, 0.5) is 5.69 Å². The Kier molecular flexibility index (Phi) is 5.04. The highest BCUT2D eigenvalue weighted by atomic mass is 79.9. The number of fused-ring (bicyclic) bond motifs is 1. The first-order chi connectivity index (χ1) is 11.5. The van der Waals surface area contributed by atoms with Crippen LogP contribution in [0.3, 0.4) is 0 Å². The molecule has 126 valence electrons. The van der Waals surface area contributed by atoms with Crippen molar-refractivity contribution in [2.45, 2.75) is 19.4 Å². The molecule has 1 heterocycles. The summed E-state index contributed by atoms with van der Waals surface area (Å²) < 4.78 is 1.03. The minimum atomic E-state index is 0.126. The molecule has 3 rings (SSSR count). The van der Waals surface area contributed by atoms with Gasteiger partial charge in [-0.05, 0) is 55.3 Å². The van der Waals surface area contributed by atoms with Gasteiger partial charge >= 0.3 is 0 Å². The maximum Gasteiger partial charge on any atom is 0.0777 e. The fourth-order valence-corrected chi connectivity index (χ4v) is 3.57. The van der Waals surface area contributed by atoms with E-state index in [0.717, 1.165) is 32.9 Å². The molecule has 0 amide bonds. The van der Waals surface area contributed by atoms with Gasteiger partial charge in [-0.3, -0.25) is 0 Å². The van der Waals surface area contributed by atoms with E-state index in [2.05, 4.69) is 33.4 Å². The van der Waals surface area contributed by atoms with Crippen LogP contribution in [0.5, 0.6) is 0 Å². The molecule has 0 saturated carbocycles. The van der Waals surface area contributed by atoms with Gasteiger partial charge in [0.1, 0.15) is 0 Å². The number of anilines is 1. The molecule has 5 N–H and O–H groups in total. The van der Waals surface area contributed by atoms with Crippen LogP contribution in [0.15, 0.2) is 52.6 Å². The average Bonchev–Trinajstić information content (AvgIpc) is 2.67. The van der Waals surface area contributed by atoms with Crippen molar-refractivity contribution in [3.8, 4) is 0 Å². The van der Waals surface area contributed by atoms with Gasteiger partial charge in [-0.15, -0.1) is 0 Å². The summed E-state index contributed by atoms with van der Waals surface area (Å²) in [5, 5.41) is 6.05. The lowest BCUT2D eigenvalue weighted by atomic mass is 9.97. The van der Waals surface area contributed by atoms with Crippen LogP contribution >= 0.6 is 27.5 Å². The van der Waals surface area contributed by atoms with Crippen molar-refractivity contribution in [1.82, 2.24) is 5.01 Å². The SMILES string of the molecule is C/C(N)=C1\c2ccc(Br)cc2C(Nc2ccc(Cl)cc2)CCN1N. The number of hydrazine groups is 1.